The normalized spacial score (nSPS) is 22.0. The highest BCUT2D eigenvalue weighted by Crippen LogP contribution is 2.39. The fourth-order valence-electron chi connectivity index (χ4n) is 2.79. The summed E-state index contributed by atoms with van der Waals surface area (Å²) < 4.78 is 1.73. The van der Waals surface area contributed by atoms with Crippen LogP contribution in [0, 0.1) is 5.92 Å². The van der Waals surface area contributed by atoms with Crippen LogP contribution < -0.4 is 5.32 Å². The molecule has 1 saturated carbocycles. The third kappa shape index (κ3) is 3.72. The van der Waals surface area contributed by atoms with Gasteiger partial charge in [0.2, 0.25) is 5.91 Å². The van der Waals surface area contributed by atoms with Gasteiger partial charge >= 0.3 is 0 Å². The van der Waals surface area contributed by atoms with Gasteiger partial charge in [0.25, 0.3) is 0 Å². The fourth-order valence-corrected chi connectivity index (χ4v) is 3.66. The molecule has 0 aliphatic heterocycles. The fraction of sp³-hybridized carbons (Fsp3) is 0.533. The third-order valence-electron chi connectivity index (χ3n) is 4.04. The maximum atomic E-state index is 12.2. The van der Waals surface area contributed by atoms with Gasteiger partial charge < -0.3 is 10.4 Å². The summed E-state index contributed by atoms with van der Waals surface area (Å²) in [7, 11) is 0. The lowest BCUT2D eigenvalue weighted by molar-refractivity contribution is -0.123. The second kappa shape index (κ2) is 7.02. The first-order valence-electron chi connectivity index (χ1n) is 7.55. The topological polar surface area (TPSA) is 80.0 Å². The van der Waals surface area contributed by atoms with Gasteiger partial charge in [-0.3, -0.25) is 9.48 Å². The molecule has 0 bridgehead atoms. The molecular weight excluding hydrogens is 300 g/mol. The molecule has 2 aromatic heterocycles. The number of carbonyl (C=O) groups is 1. The average Bonchev–Trinajstić information content (AvgIpc) is 3.14. The van der Waals surface area contributed by atoms with Gasteiger partial charge in [-0.2, -0.15) is 5.10 Å². The second-order valence-electron chi connectivity index (χ2n) is 5.71. The van der Waals surface area contributed by atoms with Gasteiger partial charge in [-0.15, -0.1) is 11.3 Å². The molecule has 1 amide bonds. The predicted molar refractivity (Wildman–Crippen MR) is 83.2 cm³/mol. The summed E-state index contributed by atoms with van der Waals surface area (Å²) >= 11 is 1.65. The van der Waals surface area contributed by atoms with Crippen molar-refractivity contribution in [2.45, 2.75) is 44.4 Å². The Hall–Kier alpha value is -1.73. The van der Waals surface area contributed by atoms with Crippen molar-refractivity contribution in [2.75, 3.05) is 0 Å². The van der Waals surface area contributed by atoms with Gasteiger partial charge in [-0.25, -0.2) is 4.98 Å². The van der Waals surface area contributed by atoms with Gasteiger partial charge in [0.15, 0.2) is 0 Å². The van der Waals surface area contributed by atoms with Crippen LogP contribution in [0.25, 0.3) is 0 Å². The summed E-state index contributed by atoms with van der Waals surface area (Å²) in [5.74, 6) is 0.396. The van der Waals surface area contributed by atoms with Crippen molar-refractivity contribution < 1.29 is 9.90 Å². The van der Waals surface area contributed by atoms with Crippen molar-refractivity contribution in [1.29, 1.82) is 0 Å². The zero-order valence-corrected chi connectivity index (χ0v) is 13.1. The first-order valence-corrected chi connectivity index (χ1v) is 8.43. The Morgan fingerprint density at radius 3 is 3.05 bits per heavy atom. The van der Waals surface area contributed by atoms with E-state index in [-0.39, 0.29) is 18.1 Å². The Kier molecular flexibility index (Phi) is 4.84. The van der Waals surface area contributed by atoms with Crippen LogP contribution >= 0.6 is 11.3 Å². The van der Waals surface area contributed by atoms with E-state index in [1.807, 2.05) is 11.4 Å². The van der Waals surface area contributed by atoms with Crippen LogP contribution in [-0.4, -0.2) is 31.9 Å². The molecule has 1 fully saturated rings. The maximum absolute atomic E-state index is 12.2. The van der Waals surface area contributed by atoms with Gasteiger partial charge in [-0.05, 0) is 36.6 Å². The standard InChI is InChI=1S/C15H20N4O2S/c20-12-7-11(8-12)15(13-3-2-6-22-13)18-14(21)4-1-5-19-10-16-9-17-19/h2-3,6,9-12,15,20H,1,4-5,7-8H2,(H,18,21). The second-order valence-corrected chi connectivity index (χ2v) is 6.69. The predicted octanol–water partition coefficient (Wildman–Crippen LogP) is 1.75. The Labute approximate surface area is 133 Å². The minimum Gasteiger partial charge on any atom is -0.393 e. The summed E-state index contributed by atoms with van der Waals surface area (Å²) in [4.78, 5) is 17.2. The van der Waals surface area contributed by atoms with Gasteiger partial charge in [0.05, 0.1) is 12.1 Å². The lowest BCUT2D eigenvalue weighted by Gasteiger charge is -2.37. The van der Waals surface area contributed by atoms with E-state index < -0.39 is 0 Å². The molecule has 0 spiro atoms. The van der Waals surface area contributed by atoms with Gasteiger partial charge in [0.1, 0.15) is 12.7 Å². The lowest BCUT2D eigenvalue weighted by atomic mass is 9.76. The van der Waals surface area contributed by atoms with Crippen molar-refractivity contribution in [1.82, 2.24) is 20.1 Å². The number of aromatic nitrogens is 3. The Morgan fingerprint density at radius 1 is 1.55 bits per heavy atom. The number of nitrogens with zero attached hydrogens (tertiary/aromatic N) is 3. The van der Waals surface area contributed by atoms with Crippen molar-refractivity contribution >= 4 is 17.2 Å². The molecule has 1 aliphatic rings. The maximum Gasteiger partial charge on any atom is 0.220 e. The van der Waals surface area contributed by atoms with Crippen LogP contribution in [0.1, 0.15) is 36.6 Å². The highest BCUT2D eigenvalue weighted by molar-refractivity contribution is 7.10. The van der Waals surface area contributed by atoms with E-state index >= 15 is 0 Å². The molecule has 6 nitrogen and oxygen atoms in total. The first kappa shape index (κ1) is 15.2. The van der Waals surface area contributed by atoms with Crippen LogP contribution in [0.2, 0.25) is 0 Å². The highest BCUT2D eigenvalue weighted by Gasteiger charge is 2.35. The quantitative estimate of drug-likeness (QED) is 0.814. The number of aryl methyl sites for hydroxylation is 1. The molecule has 3 rings (SSSR count). The van der Waals surface area contributed by atoms with Crippen molar-refractivity contribution in [3.8, 4) is 0 Å². The number of amides is 1. The number of hydrogen-bond donors (Lipinski definition) is 2. The van der Waals surface area contributed by atoms with Crippen LogP contribution in [0.3, 0.4) is 0 Å². The van der Waals surface area contributed by atoms with Crippen LogP contribution in [0.5, 0.6) is 0 Å². The summed E-state index contributed by atoms with van der Waals surface area (Å²) in [5.41, 5.74) is 0. The molecule has 1 unspecified atom stereocenters. The number of carbonyl (C=O) groups excluding carboxylic acids is 1. The van der Waals surface area contributed by atoms with E-state index in [1.165, 1.54) is 11.2 Å². The molecular formula is C15H20N4O2S. The SMILES string of the molecule is O=C(CCCn1cncn1)NC(c1cccs1)C1CC(O)C1. The first-order chi connectivity index (χ1) is 10.7. The molecule has 22 heavy (non-hydrogen) atoms. The molecule has 0 radical (unpaired) electrons. The average molecular weight is 320 g/mol. The smallest absolute Gasteiger partial charge is 0.220 e. The van der Waals surface area contributed by atoms with Crippen molar-refractivity contribution in [3.63, 3.8) is 0 Å². The molecule has 2 N–H and O–H groups in total. The van der Waals surface area contributed by atoms with Crippen molar-refractivity contribution in [3.05, 3.63) is 35.0 Å². The number of rotatable bonds is 7. The van der Waals surface area contributed by atoms with Crippen molar-refractivity contribution in [2.24, 2.45) is 5.92 Å². The van der Waals surface area contributed by atoms with Gasteiger partial charge in [-0.1, -0.05) is 6.07 Å². The van der Waals surface area contributed by atoms with E-state index in [4.69, 9.17) is 0 Å². The third-order valence-corrected chi connectivity index (χ3v) is 5.00. The Bertz CT molecular complexity index is 579. The van der Waals surface area contributed by atoms with E-state index in [1.54, 1.807) is 22.3 Å². The minimum absolute atomic E-state index is 0.0299. The number of aliphatic hydroxyl groups excluding tert-OH is 1. The van der Waals surface area contributed by atoms with Crippen LogP contribution in [-0.2, 0) is 11.3 Å². The molecule has 2 heterocycles. The van der Waals surface area contributed by atoms with Gasteiger partial charge in [0, 0.05) is 17.8 Å². The Morgan fingerprint density at radius 2 is 2.41 bits per heavy atom. The molecule has 7 heteroatoms. The number of thiophene rings is 1. The molecule has 2 aromatic rings. The minimum atomic E-state index is -0.211. The van der Waals surface area contributed by atoms with E-state index in [0.29, 0.717) is 18.9 Å². The zero-order valence-electron chi connectivity index (χ0n) is 12.3. The highest BCUT2D eigenvalue weighted by atomic mass is 32.1. The largest absolute Gasteiger partial charge is 0.393 e. The lowest BCUT2D eigenvalue weighted by Crippen LogP contribution is -2.41. The molecule has 1 atom stereocenters. The number of hydrogen-bond acceptors (Lipinski definition) is 5. The van der Waals surface area contributed by atoms with Crippen LogP contribution in [0.15, 0.2) is 30.2 Å². The summed E-state index contributed by atoms with van der Waals surface area (Å²) in [5, 5.41) is 18.7. The summed E-state index contributed by atoms with van der Waals surface area (Å²) in [6.45, 7) is 0.694. The van der Waals surface area contributed by atoms with E-state index in [9.17, 15) is 9.90 Å². The van der Waals surface area contributed by atoms with E-state index in [2.05, 4.69) is 21.5 Å². The zero-order chi connectivity index (χ0) is 15.4. The molecule has 0 saturated heterocycles. The Balaban J connectivity index is 1.50. The monoisotopic (exact) mass is 320 g/mol. The molecule has 1 aliphatic carbocycles. The summed E-state index contributed by atoms with van der Waals surface area (Å²) in [6, 6.07) is 4.08. The number of nitrogens with one attached hydrogen (secondary N) is 1. The van der Waals surface area contributed by atoms with E-state index in [0.717, 1.165) is 19.3 Å². The summed E-state index contributed by atoms with van der Waals surface area (Å²) in [6.07, 6.45) is 5.67. The molecule has 0 aromatic carbocycles. The number of aliphatic hydroxyl groups is 1. The van der Waals surface area contributed by atoms with Crippen LogP contribution in [0.4, 0.5) is 0 Å². The molecule has 118 valence electrons.